The number of benzene rings is 2. The summed E-state index contributed by atoms with van der Waals surface area (Å²) in [6.07, 6.45) is 5.30. The number of aryl methyl sites for hydroxylation is 1. The lowest BCUT2D eigenvalue weighted by molar-refractivity contribution is 0.223. The standard InChI is InChI=1S/C23H19Cl2FN2O/c1-28-13-19(18-9-8-17(25)11-20(18)26)21(23(29)15-3-2-10-27-12-15)22(28)14-4-6-16(24)7-5-14/h3-9,11-13,23,29H,2,10H2,1H3. The lowest BCUT2D eigenvalue weighted by atomic mass is 9.91. The number of aliphatic imine (C=N–C) groups is 1. The predicted molar refractivity (Wildman–Crippen MR) is 117 cm³/mol. The number of hydrogen-bond acceptors (Lipinski definition) is 2. The predicted octanol–water partition coefficient (Wildman–Crippen LogP) is 6.24. The fourth-order valence-corrected chi connectivity index (χ4v) is 3.97. The van der Waals surface area contributed by atoms with Crippen LogP contribution in [0.25, 0.3) is 22.4 Å². The van der Waals surface area contributed by atoms with E-state index < -0.39 is 11.9 Å². The zero-order valence-electron chi connectivity index (χ0n) is 15.7. The smallest absolute Gasteiger partial charge is 0.132 e. The molecule has 4 rings (SSSR count). The zero-order chi connectivity index (χ0) is 20.5. The summed E-state index contributed by atoms with van der Waals surface area (Å²) in [4.78, 5) is 4.29. The van der Waals surface area contributed by atoms with Crippen molar-refractivity contribution in [2.24, 2.45) is 12.0 Å². The summed E-state index contributed by atoms with van der Waals surface area (Å²) in [6, 6.07) is 11.9. The lowest BCUT2D eigenvalue weighted by Gasteiger charge is -2.18. The van der Waals surface area contributed by atoms with E-state index in [9.17, 15) is 9.50 Å². The first kappa shape index (κ1) is 19.9. The molecule has 1 aromatic heterocycles. The normalized spacial score (nSPS) is 14.7. The third kappa shape index (κ3) is 3.88. The quantitative estimate of drug-likeness (QED) is 0.524. The van der Waals surface area contributed by atoms with E-state index in [1.54, 1.807) is 30.5 Å². The Balaban J connectivity index is 1.96. The van der Waals surface area contributed by atoms with Gasteiger partial charge in [0.2, 0.25) is 0 Å². The van der Waals surface area contributed by atoms with Crippen LogP contribution in [0, 0.1) is 5.82 Å². The van der Waals surface area contributed by atoms with Gasteiger partial charge in [-0.25, -0.2) is 4.39 Å². The number of aliphatic hydroxyl groups is 1. The summed E-state index contributed by atoms with van der Waals surface area (Å²) in [5.41, 5.74) is 3.98. The second kappa shape index (κ2) is 8.15. The highest BCUT2D eigenvalue weighted by atomic mass is 35.5. The molecule has 1 N–H and O–H groups in total. The molecule has 3 aromatic rings. The summed E-state index contributed by atoms with van der Waals surface area (Å²) in [5, 5.41) is 12.2. The Hall–Kier alpha value is -2.40. The second-order valence-electron chi connectivity index (χ2n) is 6.98. The first-order chi connectivity index (χ1) is 14.0. The molecular weight excluding hydrogens is 410 g/mol. The molecule has 0 bridgehead atoms. The molecule has 3 nitrogen and oxygen atoms in total. The lowest BCUT2D eigenvalue weighted by Crippen LogP contribution is -2.08. The molecule has 148 valence electrons. The van der Waals surface area contributed by atoms with E-state index in [0.29, 0.717) is 38.9 Å². The van der Waals surface area contributed by atoms with Crippen molar-refractivity contribution in [1.82, 2.24) is 4.57 Å². The number of aliphatic hydroxyl groups excluding tert-OH is 1. The van der Waals surface area contributed by atoms with Gasteiger partial charge in [0.05, 0.1) is 5.69 Å². The number of dihydropyridines is 1. The highest BCUT2D eigenvalue weighted by molar-refractivity contribution is 6.31. The molecule has 0 amide bonds. The van der Waals surface area contributed by atoms with Gasteiger partial charge in [0, 0.05) is 52.7 Å². The maximum Gasteiger partial charge on any atom is 0.132 e. The minimum atomic E-state index is -0.948. The molecule has 1 aliphatic heterocycles. The molecule has 0 aliphatic carbocycles. The summed E-state index contributed by atoms with van der Waals surface area (Å²) >= 11 is 12.0. The first-order valence-corrected chi connectivity index (χ1v) is 10.00. The third-order valence-electron chi connectivity index (χ3n) is 5.03. The fraction of sp³-hybridized carbons (Fsp3) is 0.174. The van der Waals surface area contributed by atoms with Gasteiger partial charge in [-0.05, 0) is 47.9 Å². The SMILES string of the molecule is Cn1cc(-c2ccc(Cl)cc2F)c(C(O)C2=CCCN=C2)c1-c1ccc(Cl)cc1. The van der Waals surface area contributed by atoms with E-state index in [-0.39, 0.29) is 0 Å². The minimum Gasteiger partial charge on any atom is -0.384 e. The maximum absolute atomic E-state index is 14.8. The van der Waals surface area contributed by atoms with Gasteiger partial charge >= 0.3 is 0 Å². The van der Waals surface area contributed by atoms with E-state index >= 15 is 0 Å². The molecule has 29 heavy (non-hydrogen) atoms. The number of aromatic nitrogens is 1. The zero-order valence-corrected chi connectivity index (χ0v) is 17.3. The Morgan fingerprint density at radius 2 is 1.79 bits per heavy atom. The molecule has 1 aliphatic rings. The largest absolute Gasteiger partial charge is 0.384 e. The highest BCUT2D eigenvalue weighted by Gasteiger charge is 2.26. The van der Waals surface area contributed by atoms with Gasteiger partial charge in [-0.3, -0.25) is 4.99 Å². The number of rotatable bonds is 4. The monoisotopic (exact) mass is 428 g/mol. The van der Waals surface area contributed by atoms with E-state index in [2.05, 4.69) is 4.99 Å². The Bertz CT molecular complexity index is 1120. The summed E-state index contributed by atoms with van der Waals surface area (Å²) in [6.45, 7) is 0.702. The fourth-order valence-electron chi connectivity index (χ4n) is 3.69. The van der Waals surface area contributed by atoms with Gasteiger partial charge in [0.25, 0.3) is 0 Å². The molecule has 0 fully saturated rings. The summed E-state index contributed by atoms with van der Waals surface area (Å²) < 4.78 is 16.7. The summed E-state index contributed by atoms with van der Waals surface area (Å²) in [7, 11) is 1.88. The molecule has 2 aromatic carbocycles. The van der Waals surface area contributed by atoms with Crippen molar-refractivity contribution in [3.8, 4) is 22.4 Å². The van der Waals surface area contributed by atoms with Crippen molar-refractivity contribution in [1.29, 1.82) is 0 Å². The van der Waals surface area contributed by atoms with E-state index in [1.165, 1.54) is 6.07 Å². The Kier molecular flexibility index (Phi) is 5.59. The van der Waals surface area contributed by atoms with Gasteiger partial charge in [0.1, 0.15) is 11.9 Å². The average molecular weight is 429 g/mol. The van der Waals surface area contributed by atoms with Crippen molar-refractivity contribution >= 4 is 29.4 Å². The van der Waals surface area contributed by atoms with E-state index in [1.807, 2.05) is 36.0 Å². The molecule has 0 saturated heterocycles. The Morgan fingerprint density at radius 1 is 1.07 bits per heavy atom. The molecular formula is C23H19Cl2FN2O. The first-order valence-electron chi connectivity index (χ1n) is 9.24. The van der Waals surface area contributed by atoms with Crippen LogP contribution in [0.4, 0.5) is 4.39 Å². The van der Waals surface area contributed by atoms with Crippen molar-refractivity contribution < 1.29 is 9.50 Å². The highest BCUT2D eigenvalue weighted by Crippen LogP contribution is 2.41. The van der Waals surface area contributed by atoms with Crippen molar-refractivity contribution in [3.63, 3.8) is 0 Å². The molecule has 0 radical (unpaired) electrons. The third-order valence-corrected chi connectivity index (χ3v) is 5.51. The van der Waals surface area contributed by atoms with Crippen molar-refractivity contribution in [3.05, 3.63) is 81.7 Å². The van der Waals surface area contributed by atoms with Gasteiger partial charge < -0.3 is 9.67 Å². The van der Waals surface area contributed by atoms with Crippen LogP contribution in [0.3, 0.4) is 0 Å². The van der Waals surface area contributed by atoms with Crippen LogP contribution in [-0.2, 0) is 7.05 Å². The number of nitrogens with zero attached hydrogens (tertiary/aromatic N) is 2. The van der Waals surface area contributed by atoms with Gasteiger partial charge in [-0.2, -0.15) is 0 Å². The maximum atomic E-state index is 14.8. The van der Waals surface area contributed by atoms with Crippen LogP contribution in [0.15, 0.2) is 65.3 Å². The molecule has 1 atom stereocenters. The topological polar surface area (TPSA) is 37.5 Å². The summed E-state index contributed by atoms with van der Waals surface area (Å²) in [5.74, 6) is -0.439. The van der Waals surface area contributed by atoms with Crippen LogP contribution in [0.2, 0.25) is 10.0 Å². The van der Waals surface area contributed by atoms with Gasteiger partial charge in [0.15, 0.2) is 0 Å². The molecule has 0 spiro atoms. The Morgan fingerprint density at radius 3 is 2.45 bits per heavy atom. The van der Waals surface area contributed by atoms with Crippen LogP contribution in [0.1, 0.15) is 18.1 Å². The van der Waals surface area contributed by atoms with E-state index in [0.717, 1.165) is 17.7 Å². The van der Waals surface area contributed by atoms with Crippen LogP contribution in [-0.4, -0.2) is 22.4 Å². The van der Waals surface area contributed by atoms with Crippen molar-refractivity contribution in [2.75, 3.05) is 6.54 Å². The van der Waals surface area contributed by atoms with E-state index in [4.69, 9.17) is 23.2 Å². The molecule has 1 unspecified atom stereocenters. The minimum absolute atomic E-state index is 0.323. The number of halogens is 3. The van der Waals surface area contributed by atoms with Gasteiger partial charge in [-0.1, -0.05) is 41.4 Å². The van der Waals surface area contributed by atoms with Crippen molar-refractivity contribution in [2.45, 2.75) is 12.5 Å². The van der Waals surface area contributed by atoms with Crippen LogP contribution < -0.4 is 0 Å². The second-order valence-corrected chi connectivity index (χ2v) is 7.85. The molecule has 6 heteroatoms. The average Bonchev–Trinajstić information content (AvgIpc) is 3.05. The number of hydrogen-bond donors (Lipinski definition) is 1. The Labute approximate surface area is 178 Å². The molecule has 2 heterocycles. The van der Waals surface area contributed by atoms with Gasteiger partial charge in [-0.15, -0.1) is 0 Å². The van der Waals surface area contributed by atoms with Crippen LogP contribution in [0.5, 0.6) is 0 Å². The van der Waals surface area contributed by atoms with Crippen LogP contribution >= 0.6 is 23.2 Å². The molecule has 0 saturated carbocycles.